The molecule has 0 saturated carbocycles. The van der Waals surface area contributed by atoms with Crippen molar-refractivity contribution in [3.05, 3.63) is 29.8 Å². The Balaban J connectivity index is 1.89. The van der Waals surface area contributed by atoms with Crippen molar-refractivity contribution in [3.63, 3.8) is 0 Å². The molecule has 0 unspecified atom stereocenters. The van der Waals surface area contributed by atoms with Crippen molar-refractivity contribution in [1.29, 1.82) is 0 Å². The van der Waals surface area contributed by atoms with Crippen LogP contribution >= 0.6 is 0 Å². The van der Waals surface area contributed by atoms with Gasteiger partial charge in [0, 0.05) is 87.4 Å². The highest BCUT2D eigenvalue weighted by Crippen LogP contribution is 2.40. The Morgan fingerprint density at radius 3 is 1.96 bits per heavy atom. The van der Waals surface area contributed by atoms with Crippen LogP contribution in [-0.2, 0) is 96.9 Å². The quantitative estimate of drug-likeness (QED) is 0.0915. The third-order valence-corrected chi connectivity index (χ3v) is 14.3. The van der Waals surface area contributed by atoms with Gasteiger partial charge in [-0.2, -0.15) is 0 Å². The smallest absolute Gasteiger partial charge is 0.309 e. The van der Waals surface area contributed by atoms with E-state index in [9.17, 15) is 28.8 Å². The minimum absolute atomic E-state index is 0.0361. The maximum absolute atomic E-state index is 14.1. The molecule has 0 spiro atoms. The highest BCUT2D eigenvalue weighted by atomic mass is 16.7. The number of esters is 6. The lowest BCUT2D eigenvalue weighted by Gasteiger charge is -2.51. The molecular weight excluding hydrogens is 1010 g/mol. The molecule has 3 aliphatic rings. The predicted octanol–water partition coefficient (Wildman–Crippen LogP) is 5.30. The molecule has 0 radical (unpaired) electrons. The summed E-state index contributed by atoms with van der Waals surface area (Å²) in [6.45, 7) is 17.2. The third-order valence-electron chi connectivity index (χ3n) is 14.3. The largest absolute Gasteiger partial charge is 0.497 e. The van der Waals surface area contributed by atoms with E-state index >= 15 is 0 Å². The average Bonchev–Trinajstić information content (AvgIpc) is 3.35. The number of hydrogen-bond acceptors (Lipinski definition) is 22. The van der Waals surface area contributed by atoms with Crippen LogP contribution in [0.3, 0.4) is 0 Å². The van der Waals surface area contributed by atoms with Gasteiger partial charge in [-0.25, -0.2) is 0 Å². The first-order valence-corrected chi connectivity index (χ1v) is 26.7. The molecule has 22 nitrogen and oxygen atoms in total. The van der Waals surface area contributed by atoms with E-state index in [0.29, 0.717) is 25.3 Å². The molecule has 4 rings (SSSR count). The average molecular weight is 1100 g/mol. The fourth-order valence-corrected chi connectivity index (χ4v) is 10.6. The number of methoxy groups -OCH3 is 4. The van der Waals surface area contributed by atoms with Crippen molar-refractivity contribution in [2.75, 3.05) is 55.6 Å². The Labute approximate surface area is 454 Å². The van der Waals surface area contributed by atoms with Gasteiger partial charge in [-0.1, -0.05) is 32.9 Å². The van der Waals surface area contributed by atoms with Gasteiger partial charge in [-0.05, 0) is 84.2 Å². The molecule has 3 fully saturated rings. The van der Waals surface area contributed by atoms with Crippen LogP contribution in [0.2, 0.25) is 0 Å². The lowest BCUT2D eigenvalue weighted by Crippen LogP contribution is -2.67. The number of carbonyl (C=O) groups excluding carboxylic acids is 6. The third kappa shape index (κ3) is 19.1. The van der Waals surface area contributed by atoms with Gasteiger partial charge in [0.15, 0.2) is 36.7 Å². The normalized spacial score (nSPS) is 33.0. The molecule has 22 heteroatoms. The van der Waals surface area contributed by atoms with Gasteiger partial charge in [0.05, 0.1) is 37.9 Å². The molecule has 0 bridgehead atoms. The van der Waals surface area contributed by atoms with Gasteiger partial charge in [-0.3, -0.25) is 33.7 Å². The van der Waals surface area contributed by atoms with Gasteiger partial charge in [0.2, 0.25) is 0 Å². The van der Waals surface area contributed by atoms with Crippen LogP contribution in [0.1, 0.15) is 120 Å². The molecule has 1 aromatic carbocycles. The number of ether oxygens (including phenoxy) is 14. The topological polar surface area (TPSA) is 238 Å². The molecular formula is C55H88N2O20. The molecule has 0 amide bonds. The fourth-order valence-electron chi connectivity index (χ4n) is 10.6. The summed E-state index contributed by atoms with van der Waals surface area (Å²) < 4.78 is 86.6. The van der Waals surface area contributed by atoms with Gasteiger partial charge >= 0.3 is 35.8 Å². The number of carbonyl (C=O) groups is 6. The van der Waals surface area contributed by atoms with Crippen molar-refractivity contribution in [3.8, 4) is 5.75 Å². The maximum atomic E-state index is 14.1. The van der Waals surface area contributed by atoms with Gasteiger partial charge < -0.3 is 71.2 Å². The zero-order chi connectivity index (χ0) is 57.3. The first kappa shape index (κ1) is 65.0. The van der Waals surface area contributed by atoms with Crippen molar-refractivity contribution >= 4 is 35.8 Å². The second-order valence-electron chi connectivity index (χ2n) is 20.8. The molecule has 438 valence electrons. The second-order valence-corrected chi connectivity index (χ2v) is 20.8. The lowest BCUT2D eigenvalue weighted by molar-refractivity contribution is -0.346. The summed E-state index contributed by atoms with van der Waals surface area (Å²) in [5, 5.41) is 0. The van der Waals surface area contributed by atoms with Gasteiger partial charge in [0.25, 0.3) is 0 Å². The first-order valence-electron chi connectivity index (χ1n) is 26.7. The second kappa shape index (κ2) is 30.7. The Morgan fingerprint density at radius 1 is 0.766 bits per heavy atom. The molecule has 0 N–H and O–H groups in total. The first-order chi connectivity index (χ1) is 36.4. The van der Waals surface area contributed by atoms with E-state index in [4.69, 9.17) is 66.3 Å². The fraction of sp³-hybridized carbons (Fsp3) is 0.782. The standard InChI is InChI=1S/C55H88N2O20/c1-17-43(61)73-41-27-45(63)68-32(4)23-24-57(29-38-19-21-40(64-13)22-20-38)30-42(71-35(7)58)31(3)25-39(26-46(65-14)66-15)50(51(41)67-16)76-54-52(72-36(8)59)48(56(11)12)49(33(5)70-54)75-47-28-55(10,77-37(9)60)53(34(6)69-47)74-44(62)18-2/h19-22,31-34,39,41-42,46-54H,17-18,23-30H2,1-16H3/t31-,32-,33-,34+,39-,41-,42+,47+,48+,49-,50+,51+,52-,53+,54+,55-/m1/s1. The van der Waals surface area contributed by atoms with Crippen LogP contribution in [0.25, 0.3) is 0 Å². The van der Waals surface area contributed by atoms with Crippen molar-refractivity contribution in [2.24, 2.45) is 11.8 Å². The summed E-state index contributed by atoms with van der Waals surface area (Å²) in [6, 6.07) is 6.83. The monoisotopic (exact) mass is 1100 g/mol. The predicted molar refractivity (Wildman–Crippen MR) is 276 cm³/mol. The van der Waals surface area contributed by atoms with E-state index in [1.54, 1.807) is 67.6 Å². The number of rotatable bonds is 20. The van der Waals surface area contributed by atoms with Gasteiger partial charge in [0.1, 0.15) is 36.3 Å². The molecule has 1 aromatic rings. The van der Waals surface area contributed by atoms with Crippen LogP contribution in [0, 0.1) is 11.8 Å². The van der Waals surface area contributed by atoms with Crippen LogP contribution in [0.15, 0.2) is 24.3 Å². The molecule has 16 atom stereocenters. The highest BCUT2D eigenvalue weighted by Gasteiger charge is 2.56. The van der Waals surface area contributed by atoms with Crippen molar-refractivity contribution in [1.82, 2.24) is 9.80 Å². The number of benzene rings is 1. The van der Waals surface area contributed by atoms with Gasteiger partial charge in [-0.15, -0.1) is 0 Å². The van der Waals surface area contributed by atoms with Crippen molar-refractivity contribution in [2.45, 2.75) is 212 Å². The van der Waals surface area contributed by atoms with Crippen LogP contribution in [0.4, 0.5) is 0 Å². The van der Waals surface area contributed by atoms with Crippen LogP contribution in [0.5, 0.6) is 5.75 Å². The van der Waals surface area contributed by atoms with E-state index in [1.165, 1.54) is 42.1 Å². The van der Waals surface area contributed by atoms with Crippen LogP contribution in [-0.4, -0.2) is 193 Å². The summed E-state index contributed by atoms with van der Waals surface area (Å²) in [6.07, 6.45) is -12.8. The SMILES string of the molecule is CCC(=O)O[C@@H]1CC(=O)O[C@H](C)CCN(Cc2ccc(OC)cc2)C[C@H](OC(C)=O)[C@H](C)C[C@H](CC(OC)OC)[C@H](O[C@@H]2O[C@H](C)[C@@H](O[C@H]3C[C@@](C)(OC(C)=O)[C@@H](OC(=O)CC)[C@H](C)O3)[C@H](N(C)C)[C@H]2OC(C)=O)[C@H]1OC. The lowest BCUT2D eigenvalue weighted by atomic mass is 9.81. The minimum Gasteiger partial charge on any atom is -0.497 e. The van der Waals surface area contributed by atoms with E-state index in [-0.39, 0.29) is 38.6 Å². The van der Waals surface area contributed by atoms with E-state index < -0.39 is 146 Å². The van der Waals surface area contributed by atoms with Crippen molar-refractivity contribution < 1.29 is 95.1 Å². The summed E-state index contributed by atoms with van der Waals surface area (Å²) >= 11 is 0. The summed E-state index contributed by atoms with van der Waals surface area (Å²) in [4.78, 5) is 82.9. The number of hydrogen-bond donors (Lipinski definition) is 0. The van der Waals surface area contributed by atoms with E-state index in [0.717, 1.165) is 5.56 Å². The molecule has 77 heavy (non-hydrogen) atoms. The Bertz CT molecular complexity index is 2040. The van der Waals surface area contributed by atoms with Crippen LogP contribution < -0.4 is 4.74 Å². The zero-order valence-corrected chi connectivity index (χ0v) is 48.2. The molecule has 0 aliphatic carbocycles. The summed E-state index contributed by atoms with van der Waals surface area (Å²) in [5.74, 6) is -3.98. The Kier molecular flexibility index (Phi) is 25.9. The Hall–Kier alpha value is -4.52. The zero-order valence-electron chi connectivity index (χ0n) is 48.2. The summed E-state index contributed by atoms with van der Waals surface area (Å²) in [7, 11) is 9.52. The molecule has 3 heterocycles. The molecule has 3 saturated heterocycles. The molecule has 3 aliphatic heterocycles. The Morgan fingerprint density at radius 2 is 1.40 bits per heavy atom. The number of cyclic esters (lactones) is 1. The minimum atomic E-state index is -1.40. The van der Waals surface area contributed by atoms with E-state index in [2.05, 4.69) is 4.90 Å². The number of nitrogens with zero attached hydrogens (tertiary/aromatic N) is 2. The highest BCUT2D eigenvalue weighted by molar-refractivity contribution is 5.73. The van der Waals surface area contributed by atoms with E-state index in [1.807, 2.05) is 31.2 Å². The maximum Gasteiger partial charge on any atom is 0.309 e. The summed E-state index contributed by atoms with van der Waals surface area (Å²) in [5.41, 5.74) is -0.398. The molecule has 0 aromatic heterocycles. The number of likely N-dealkylation sites (N-methyl/N-ethyl adjacent to an activating group) is 1.